The van der Waals surface area contributed by atoms with Gasteiger partial charge in [0.2, 0.25) is 0 Å². The number of ether oxygens (including phenoxy) is 1. The molecule has 1 amide bonds. The molecule has 1 fully saturated rings. The van der Waals surface area contributed by atoms with Gasteiger partial charge in [0, 0.05) is 46.0 Å². The molecule has 1 saturated heterocycles. The molecule has 2 N–H and O–H groups in total. The Morgan fingerprint density at radius 1 is 1.17 bits per heavy atom. The molecule has 0 spiro atoms. The zero-order chi connectivity index (χ0) is 16.3. The maximum atomic E-state index is 12.1. The van der Waals surface area contributed by atoms with Gasteiger partial charge in [-0.05, 0) is 25.0 Å². The summed E-state index contributed by atoms with van der Waals surface area (Å²) in [6.45, 7) is 4.91. The van der Waals surface area contributed by atoms with Crippen LogP contribution in [0.4, 0.5) is 5.82 Å². The number of methoxy groups -OCH3 is 1. The van der Waals surface area contributed by atoms with Gasteiger partial charge in [0.25, 0.3) is 5.91 Å². The van der Waals surface area contributed by atoms with Crippen molar-refractivity contribution < 1.29 is 9.53 Å². The largest absolute Gasteiger partial charge is 0.383 e. The molecule has 1 aromatic rings. The summed E-state index contributed by atoms with van der Waals surface area (Å²) in [6.07, 6.45) is 6.72. The van der Waals surface area contributed by atoms with Crippen molar-refractivity contribution in [3.05, 3.63) is 23.9 Å². The maximum absolute atomic E-state index is 12.1. The van der Waals surface area contributed by atoms with Crippen molar-refractivity contribution in [1.82, 2.24) is 15.6 Å². The quantitative estimate of drug-likeness (QED) is 0.709. The summed E-state index contributed by atoms with van der Waals surface area (Å²) in [6, 6.07) is 3.82. The minimum Gasteiger partial charge on any atom is -0.383 e. The van der Waals surface area contributed by atoms with Gasteiger partial charge < -0.3 is 20.3 Å². The van der Waals surface area contributed by atoms with Crippen LogP contribution in [0.1, 0.15) is 36.0 Å². The number of nitrogens with one attached hydrogen (secondary N) is 2. The van der Waals surface area contributed by atoms with Crippen LogP contribution < -0.4 is 15.5 Å². The van der Waals surface area contributed by atoms with Crippen LogP contribution >= 0.6 is 0 Å². The first kappa shape index (κ1) is 17.7. The molecule has 2 heterocycles. The Morgan fingerprint density at radius 2 is 1.96 bits per heavy atom. The highest BCUT2D eigenvalue weighted by molar-refractivity contribution is 5.94. The van der Waals surface area contributed by atoms with E-state index in [0.717, 1.165) is 32.0 Å². The molecule has 0 aromatic carbocycles. The van der Waals surface area contributed by atoms with E-state index in [1.54, 1.807) is 13.3 Å². The molecule has 0 saturated carbocycles. The summed E-state index contributed by atoms with van der Waals surface area (Å²) in [5.74, 6) is 0.901. The molecule has 2 rings (SSSR count). The van der Waals surface area contributed by atoms with Crippen LogP contribution in [-0.2, 0) is 4.74 Å². The van der Waals surface area contributed by atoms with Crippen molar-refractivity contribution >= 4 is 11.7 Å². The highest BCUT2D eigenvalue weighted by atomic mass is 16.5. The summed E-state index contributed by atoms with van der Waals surface area (Å²) in [4.78, 5) is 18.8. The fourth-order valence-corrected chi connectivity index (χ4v) is 2.67. The SMILES string of the molecule is COCCNCCNC(=O)c1ccc(N2CCCCCC2)nc1. The molecule has 6 nitrogen and oxygen atoms in total. The minimum atomic E-state index is -0.0755. The lowest BCUT2D eigenvalue weighted by atomic mass is 10.2. The zero-order valence-corrected chi connectivity index (χ0v) is 14.0. The van der Waals surface area contributed by atoms with Crippen molar-refractivity contribution in [2.45, 2.75) is 25.7 Å². The highest BCUT2D eigenvalue weighted by Gasteiger charge is 2.12. The van der Waals surface area contributed by atoms with E-state index in [1.807, 2.05) is 12.1 Å². The molecule has 0 bridgehead atoms. The van der Waals surface area contributed by atoms with Gasteiger partial charge in [-0.3, -0.25) is 4.79 Å². The van der Waals surface area contributed by atoms with Gasteiger partial charge in [0.1, 0.15) is 5.82 Å². The van der Waals surface area contributed by atoms with Crippen LogP contribution in [0.15, 0.2) is 18.3 Å². The minimum absolute atomic E-state index is 0.0755. The fraction of sp³-hybridized carbons (Fsp3) is 0.647. The van der Waals surface area contributed by atoms with Crippen molar-refractivity contribution in [3.8, 4) is 0 Å². The Bertz CT molecular complexity index is 456. The number of anilines is 1. The Hall–Kier alpha value is -1.66. The number of carbonyl (C=O) groups is 1. The van der Waals surface area contributed by atoms with Crippen molar-refractivity contribution in [2.24, 2.45) is 0 Å². The fourth-order valence-electron chi connectivity index (χ4n) is 2.67. The molecular formula is C17H28N4O2. The molecule has 0 atom stereocenters. The predicted octanol–water partition coefficient (Wildman–Crippen LogP) is 1.43. The number of rotatable bonds is 8. The Kier molecular flexibility index (Phi) is 7.83. The first-order valence-corrected chi connectivity index (χ1v) is 8.50. The van der Waals surface area contributed by atoms with E-state index in [0.29, 0.717) is 18.7 Å². The molecule has 1 aliphatic heterocycles. The van der Waals surface area contributed by atoms with Gasteiger partial charge in [-0.2, -0.15) is 0 Å². The third kappa shape index (κ3) is 6.15. The number of aromatic nitrogens is 1. The monoisotopic (exact) mass is 320 g/mol. The maximum Gasteiger partial charge on any atom is 0.252 e. The average molecular weight is 320 g/mol. The van der Waals surface area contributed by atoms with Crippen LogP contribution in [0.3, 0.4) is 0 Å². The normalized spacial score (nSPS) is 15.3. The van der Waals surface area contributed by atoms with Crippen molar-refractivity contribution in [1.29, 1.82) is 0 Å². The van der Waals surface area contributed by atoms with Gasteiger partial charge in [-0.25, -0.2) is 4.98 Å². The average Bonchev–Trinajstić information content (AvgIpc) is 2.87. The standard InChI is InChI=1S/C17H28N4O2/c1-23-13-10-18-8-9-19-17(22)15-6-7-16(20-14-15)21-11-4-2-3-5-12-21/h6-7,14,18H,2-5,8-13H2,1H3,(H,19,22). The summed E-state index contributed by atoms with van der Waals surface area (Å²) in [5.41, 5.74) is 0.612. The van der Waals surface area contributed by atoms with Crippen molar-refractivity contribution in [3.63, 3.8) is 0 Å². The van der Waals surface area contributed by atoms with Gasteiger partial charge in [-0.15, -0.1) is 0 Å². The Balaban J connectivity index is 1.75. The second kappa shape index (κ2) is 10.2. The molecule has 128 valence electrons. The third-order valence-corrected chi connectivity index (χ3v) is 4.01. The molecular weight excluding hydrogens is 292 g/mol. The van der Waals surface area contributed by atoms with Gasteiger partial charge in [0.15, 0.2) is 0 Å². The number of pyridine rings is 1. The lowest BCUT2D eigenvalue weighted by Crippen LogP contribution is -2.33. The van der Waals surface area contributed by atoms with E-state index in [4.69, 9.17) is 4.74 Å². The smallest absolute Gasteiger partial charge is 0.252 e. The topological polar surface area (TPSA) is 66.5 Å². The Morgan fingerprint density at radius 3 is 2.61 bits per heavy atom. The molecule has 0 radical (unpaired) electrons. The second-order valence-corrected chi connectivity index (χ2v) is 5.81. The number of nitrogens with zero attached hydrogens (tertiary/aromatic N) is 2. The number of amides is 1. The van der Waals surface area contributed by atoms with E-state index in [1.165, 1.54) is 25.7 Å². The number of hydrogen-bond acceptors (Lipinski definition) is 5. The zero-order valence-electron chi connectivity index (χ0n) is 14.0. The van der Waals surface area contributed by atoms with E-state index in [-0.39, 0.29) is 5.91 Å². The Labute approximate surface area is 138 Å². The molecule has 6 heteroatoms. The van der Waals surface area contributed by atoms with Crippen molar-refractivity contribution in [2.75, 3.05) is 51.3 Å². The summed E-state index contributed by atoms with van der Waals surface area (Å²) < 4.78 is 4.95. The number of carbonyl (C=O) groups excluding carboxylic acids is 1. The first-order chi connectivity index (χ1) is 11.3. The summed E-state index contributed by atoms with van der Waals surface area (Å²) >= 11 is 0. The van der Waals surface area contributed by atoms with E-state index in [9.17, 15) is 4.79 Å². The van der Waals surface area contributed by atoms with Crippen LogP contribution in [0.2, 0.25) is 0 Å². The van der Waals surface area contributed by atoms with Gasteiger partial charge in [0.05, 0.1) is 12.2 Å². The van der Waals surface area contributed by atoms with E-state index < -0.39 is 0 Å². The molecule has 0 aliphatic carbocycles. The number of hydrogen-bond donors (Lipinski definition) is 2. The molecule has 1 aliphatic rings. The first-order valence-electron chi connectivity index (χ1n) is 8.50. The molecule has 0 unspecified atom stereocenters. The van der Waals surface area contributed by atoms with E-state index >= 15 is 0 Å². The predicted molar refractivity (Wildman–Crippen MR) is 92.0 cm³/mol. The van der Waals surface area contributed by atoms with Gasteiger partial charge >= 0.3 is 0 Å². The lowest BCUT2D eigenvalue weighted by molar-refractivity contribution is 0.0953. The van der Waals surface area contributed by atoms with Crippen LogP contribution in [0, 0.1) is 0 Å². The molecule has 1 aromatic heterocycles. The van der Waals surface area contributed by atoms with E-state index in [2.05, 4.69) is 20.5 Å². The van der Waals surface area contributed by atoms with Crippen LogP contribution in [0.5, 0.6) is 0 Å². The lowest BCUT2D eigenvalue weighted by Gasteiger charge is -2.21. The van der Waals surface area contributed by atoms with Gasteiger partial charge in [-0.1, -0.05) is 12.8 Å². The highest BCUT2D eigenvalue weighted by Crippen LogP contribution is 2.17. The summed E-state index contributed by atoms with van der Waals surface area (Å²) in [7, 11) is 1.67. The third-order valence-electron chi connectivity index (χ3n) is 4.01. The molecule has 23 heavy (non-hydrogen) atoms. The second-order valence-electron chi connectivity index (χ2n) is 5.81. The van der Waals surface area contributed by atoms with Crippen LogP contribution in [-0.4, -0.2) is 57.3 Å². The van der Waals surface area contributed by atoms with Crippen LogP contribution in [0.25, 0.3) is 0 Å². The summed E-state index contributed by atoms with van der Waals surface area (Å²) in [5, 5.41) is 6.08.